The van der Waals surface area contributed by atoms with E-state index in [0.717, 1.165) is 43.9 Å². The van der Waals surface area contributed by atoms with E-state index in [4.69, 9.17) is 26.8 Å². The van der Waals surface area contributed by atoms with Crippen molar-refractivity contribution in [1.82, 2.24) is 4.90 Å². The molecule has 4 nitrogen and oxygen atoms in total. The van der Waals surface area contributed by atoms with Gasteiger partial charge in [-0.1, -0.05) is 18.5 Å². The average molecular weight is 325 g/mol. The monoisotopic (exact) mass is 324 g/mol. The van der Waals surface area contributed by atoms with E-state index in [1.54, 1.807) is 0 Å². The van der Waals surface area contributed by atoms with Gasteiger partial charge in [0, 0.05) is 24.6 Å². The van der Waals surface area contributed by atoms with Crippen LogP contribution in [0.5, 0.6) is 11.5 Å². The van der Waals surface area contributed by atoms with Gasteiger partial charge >= 0.3 is 0 Å². The van der Waals surface area contributed by atoms with Gasteiger partial charge in [-0.2, -0.15) is 0 Å². The van der Waals surface area contributed by atoms with Crippen molar-refractivity contribution in [1.29, 1.82) is 0 Å². The first-order valence-electron chi connectivity index (χ1n) is 8.16. The lowest BCUT2D eigenvalue weighted by Gasteiger charge is -2.25. The highest BCUT2D eigenvalue weighted by Gasteiger charge is 2.33. The van der Waals surface area contributed by atoms with Crippen LogP contribution in [-0.2, 0) is 6.42 Å². The van der Waals surface area contributed by atoms with E-state index in [1.807, 2.05) is 0 Å². The van der Waals surface area contributed by atoms with Crippen molar-refractivity contribution in [2.75, 3.05) is 33.4 Å². The largest absolute Gasteiger partial charge is 0.489 e. The molecule has 122 valence electrons. The zero-order valence-corrected chi connectivity index (χ0v) is 14.2. The van der Waals surface area contributed by atoms with Gasteiger partial charge in [0.25, 0.3) is 0 Å². The average Bonchev–Trinajstić information content (AvgIpc) is 2.72. The summed E-state index contributed by atoms with van der Waals surface area (Å²) in [6.45, 7) is 5.28. The number of hydrogen-bond acceptors (Lipinski definition) is 4. The summed E-state index contributed by atoms with van der Waals surface area (Å²) < 4.78 is 11.8. The van der Waals surface area contributed by atoms with E-state index < -0.39 is 0 Å². The second-order valence-electron chi connectivity index (χ2n) is 6.28. The first-order chi connectivity index (χ1) is 10.7. The summed E-state index contributed by atoms with van der Waals surface area (Å²) in [5.74, 6) is 2.12. The highest BCUT2D eigenvalue weighted by atomic mass is 35.5. The third-order valence-electron chi connectivity index (χ3n) is 4.79. The smallest absolute Gasteiger partial charge is 0.180 e. The Kier molecular flexibility index (Phi) is 4.81. The third kappa shape index (κ3) is 2.80. The number of rotatable bonds is 3. The molecule has 2 N–H and O–H groups in total. The molecule has 1 aromatic rings. The van der Waals surface area contributed by atoms with Gasteiger partial charge < -0.3 is 15.2 Å². The second-order valence-corrected chi connectivity index (χ2v) is 6.69. The van der Waals surface area contributed by atoms with E-state index in [1.165, 1.54) is 11.1 Å². The van der Waals surface area contributed by atoms with E-state index >= 15 is 0 Å². The molecule has 2 atom stereocenters. The number of hydrogen-bond donors (Lipinski definition) is 1. The lowest BCUT2D eigenvalue weighted by molar-refractivity contribution is 0.294. The molecule has 1 aromatic carbocycles. The van der Waals surface area contributed by atoms with E-state index in [0.29, 0.717) is 30.2 Å². The Labute approximate surface area is 137 Å². The molecule has 0 aliphatic carbocycles. The molecule has 2 unspecified atom stereocenters. The number of nitrogens with zero attached hydrogens (tertiary/aromatic N) is 1. The zero-order chi connectivity index (χ0) is 15.7. The van der Waals surface area contributed by atoms with Gasteiger partial charge in [-0.25, -0.2) is 0 Å². The van der Waals surface area contributed by atoms with Crippen LogP contribution in [0.2, 0.25) is 5.02 Å². The quantitative estimate of drug-likeness (QED) is 0.928. The molecule has 0 saturated carbocycles. The summed E-state index contributed by atoms with van der Waals surface area (Å²) in [7, 11) is 2.16. The Hall–Kier alpha value is -0.970. The maximum Gasteiger partial charge on any atom is 0.180 e. The zero-order valence-electron chi connectivity index (χ0n) is 13.4. The maximum absolute atomic E-state index is 6.50. The molecule has 2 heterocycles. The molecule has 2 aliphatic heterocycles. The van der Waals surface area contributed by atoms with Crippen LogP contribution in [0.4, 0.5) is 0 Å². The van der Waals surface area contributed by atoms with E-state index in [-0.39, 0.29) is 0 Å². The molecule has 0 spiro atoms. The van der Waals surface area contributed by atoms with E-state index in [2.05, 4.69) is 24.9 Å². The number of likely N-dealkylation sites (tertiary alicyclic amines) is 1. The normalized spacial score (nSPS) is 25.3. The fourth-order valence-electron chi connectivity index (χ4n) is 3.66. The van der Waals surface area contributed by atoms with Crippen LogP contribution in [0.1, 0.15) is 36.9 Å². The first kappa shape index (κ1) is 15.9. The highest BCUT2D eigenvalue weighted by Crippen LogP contribution is 2.46. The lowest BCUT2D eigenvalue weighted by atomic mass is 9.93. The minimum atomic E-state index is 0.359. The van der Waals surface area contributed by atoms with Crippen molar-refractivity contribution < 1.29 is 9.47 Å². The predicted octanol–water partition coefficient (Wildman–Crippen LogP) is 3.02. The van der Waals surface area contributed by atoms with Gasteiger partial charge in [0.05, 0.1) is 18.2 Å². The van der Waals surface area contributed by atoms with Crippen molar-refractivity contribution >= 4 is 11.6 Å². The van der Waals surface area contributed by atoms with Crippen molar-refractivity contribution in [3.8, 4) is 11.5 Å². The van der Waals surface area contributed by atoms with Crippen LogP contribution < -0.4 is 15.2 Å². The summed E-state index contributed by atoms with van der Waals surface area (Å²) in [5, 5.41) is 0.661. The summed E-state index contributed by atoms with van der Waals surface area (Å²) >= 11 is 6.50. The standard InChI is InChI=1S/C17H25ClN2O2/c1-3-12-13(15-7-11(9-19)10-20(15)2)8-14(18)17-16(12)21-5-4-6-22-17/h8,11,15H,3-7,9-10,19H2,1-2H3. The highest BCUT2D eigenvalue weighted by molar-refractivity contribution is 6.32. The number of fused-ring (bicyclic) bond motifs is 1. The minimum Gasteiger partial charge on any atom is -0.489 e. The molecule has 22 heavy (non-hydrogen) atoms. The van der Waals surface area contributed by atoms with Crippen LogP contribution in [0.25, 0.3) is 0 Å². The first-order valence-corrected chi connectivity index (χ1v) is 8.54. The molecular weight excluding hydrogens is 300 g/mol. The molecule has 1 fully saturated rings. The summed E-state index contributed by atoms with van der Waals surface area (Å²) in [5.41, 5.74) is 8.38. The maximum atomic E-state index is 6.50. The topological polar surface area (TPSA) is 47.7 Å². The summed E-state index contributed by atoms with van der Waals surface area (Å²) in [6.07, 6.45) is 2.88. The van der Waals surface area contributed by atoms with Gasteiger partial charge in [-0.15, -0.1) is 0 Å². The Balaban J connectivity index is 2.04. The Morgan fingerprint density at radius 3 is 2.68 bits per heavy atom. The molecule has 1 saturated heterocycles. The Morgan fingerprint density at radius 2 is 2.05 bits per heavy atom. The van der Waals surface area contributed by atoms with Crippen LogP contribution in [0.3, 0.4) is 0 Å². The molecule has 0 bridgehead atoms. The van der Waals surface area contributed by atoms with Crippen LogP contribution >= 0.6 is 11.6 Å². The summed E-state index contributed by atoms with van der Waals surface area (Å²) in [4.78, 5) is 2.38. The fraction of sp³-hybridized carbons (Fsp3) is 0.647. The van der Waals surface area contributed by atoms with Gasteiger partial charge in [-0.3, -0.25) is 4.90 Å². The van der Waals surface area contributed by atoms with Crippen molar-refractivity contribution in [3.05, 3.63) is 22.2 Å². The van der Waals surface area contributed by atoms with Crippen LogP contribution in [0.15, 0.2) is 6.07 Å². The number of ether oxygens (including phenoxy) is 2. The molecule has 0 amide bonds. The fourth-order valence-corrected chi connectivity index (χ4v) is 3.92. The Morgan fingerprint density at radius 1 is 1.32 bits per heavy atom. The lowest BCUT2D eigenvalue weighted by Crippen LogP contribution is -2.21. The van der Waals surface area contributed by atoms with Crippen molar-refractivity contribution in [2.24, 2.45) is 11.7 Å². The molecule has 3 rings (SSSR count). The molecule has 0 aromatic heterocycles. The van der Waals surface area contributed by atoms with E-state index in [9.17, 15) is 0 Å². The van der Waals surface area contributed by atoms with Crippen LogP contribution in [-0.4, -0.2) is 38.3 Å². The molecule has 2 aliphatic rings. The summed E-state index contributed by atoms with van der Waals surface area (Å²) in [6, 6.07) is 2.44. The SMILES string of the molecule is CCc1c(C2CC(CN)CN2C)cc(Cl)c2c1OCCCO2. The molecular formula is C17H25ClN2O2. The number of nitrogens with two attached hydrogens (primary N) is 1. The van der Waals surface area contributed by atoms with Crippen molar-refractivity contribution in [2.45, 2.75) is 32.2 Å². The van der Waals surface area contributed by atoms with Gasteiger partial charge in [0.2, 0.25) is 0 Å². The number of halogens is 1. The Bertz CT molecular complexity index is 550. The minimum absolute atomic E-state index is 0.359. The van der Waals surface area contributed by atoms with Gasteiger partial charge in [-0.05, 0) is 44.0 Å². The predicted molar refractivity (Wildman–Crippen MR) is 89.0 cm³/mol. The van der Waals surface area contributed by atoms with Crippen molar-refractivity contribution in [3.63, 3.8) is 0 Å². The van der Waals surface area contributed by atoms with Gasteiger partial charge in [0.1, 0.15) is 0 Å². The van der Waals surface area contributed by atoms with Gasteiger partial charge in [0.15, 0.2) is 11.5 Å². The molecule has 5 heteroatoms. The third-order valence-corrected chi connectivity index (χ3v) is 5.07. The number of benzene rings is 1. The van der Waals surface area contributed by atoms with Crippen LogP contribution in [0, 0.1) is 5.92 Å². The molecule has 0 radical (unpaired) electrons. The second kappa shape index (κ2) is 6.65.